The van der Waals surface area contributed by atoms with Crippen LogP contribution in [0.2, 0.25) is 0 Å². The first-order valence-corrected chi connectivity index (χ1v) is 23.5. The number of aliphatic hydroxyl groups is 1. The number of aliphatic carboxylic acids is 1. The molecule has 5 fully saturated rings. The maximum absolute atomic E-state index is 14.4. The lowest BCUT2D eigenvalue weighted by Crippen LogP contribution is -2.66. The van der Waals surface area contributed by atoms with Crippen molar-refractivity contribution in [1.29, 1.82) is 0 Å². The number of amides is 1. The van der Waals surface area contributed by atoms with Crippen LogP contribution in [0.5, 0.6) is 0 Å². The summed E-state index contributed by atoms with van der Waals surface area (Å²) in [5.41, 5.74) is 1.01. The molecule has 0 aromatic carbocycles. The van der Waals surface area contributed by atoms with E-state index < -0.39 is 28.9 Å². The third-order valence-electron chi connectivity index (χ3n) is 18.3. The summed E-state index contributed by atoms with van der Waals surface area (Å²) in [5, 5.41) is 22.5. The van der Waals surface area contributed by atoms with Crippen LogP contribution in [0.3, 0.4) is 0 Å². The fourth-order valence-corrected chi connectivity index (χ4v) is 14.6. The molecule has 61 heavy (non-hydrogen) atoms. The van der Waals surface area contributed by atoms with E-state index in [1.54, 1.807) is 26.2 Å². The average molecular weight is 845 g/mol. The minimum Gasteiger partial charge on any atom is -0.481 e. The van der Waals surface area contributed by atoms with E-state index in [1.807, 2.05) is 17.0 Å². The summed E-state index contributed by atoms with van der Waals surface area (Å²) in [6.07, 6.45) is 10.1. The lowest BCUT2D eigenvalue weighted by molar-refractivity contribution is -0.235. The summed E-state index contributed by atoms with van der Waals surface area (Å²) < 4.78 is 6.20. The number of esters is 1. The average Bonchev–Trinajstić information content (AvgIpc) is 3.50. The Labute approximate surface area is 365 Å². The van der Waals surface area contributed by atoms with E-state index in [1.165, 1.54) is 5.57 Å². The topological polar surface area (TPSA) is 141 Å². The number of fused-ring (bicyclic) bond motifs is 7. The van der Waals surface area contributed by atoms with Crippen LogP contribution in [0.4, 0.5) is 0 Å². The number of pyridine rings is 1. The molecule has 0 spiro atoms. The Morgan fingerprint density at radius 3 is 2.23 bits per heavy atom. The molecular formula is C50H76N4O7. The van der Waals surface area contributed by atoms with Crippen molar-refractivity contribution in [2.45, 2.75) is 145 Å². The zero-order valence-electron chi connectivity index (χ0n) is 39.0. The first kappa shape index (κ1) is 45.9. The van der Waals surface area contributed by atoms with Crippen molar-refractivity contribution in [2.75, 3.05) is 46.3 Å². The molecule has 1 aromatic rings. The van der Waals surface area contributed by atoms with Gasteiger partial charge in [-0.05, 0) is 135 Å². The molecule has 1 saturated heterocycles. The number of hydrogen-bond acceptors (Lipinski definition) is 9. The Hall–Kier alpha value is -3.15. The maximum atomic E-state index is 14.4. The third kappa shape index (κ3) is 7.82. The quantitative estimate of drug-likeness (QED) is 0.205. The van der Waals surface area contributed by atoms with Crippen LogP contribution >= 0.6 is 0 Å². The van der Waals surface area contributed by atoms with E-state index >= 15 is 0 Å². The van der Waals surface area contributed by atoms with Crippen molar-refractivity contribution in [3.05, 3.63) is 41.2 Å². The molecule has 11 heteroatoms. The molecule has 2 heterocycles. The van der Waals surface area contributed by atoms with Gasteiger partial charge in [0, 0.05) is 68.9 Å². The highest BCUT2D eigenvalue weighted by molar-refractivity contribution is 6.00. The molecule has 0 unspecified atom stereocenters. The number of carbonyl (C=O) groups excluding carboxylic acids is 3. The summed E-state index contributed by atoms with van der Waals surface area (Å²) in [6, 6.07) is 3.95. The third-order valence-corrected chi connectivity index (χ3v) is 18.3. The number of allylic oxidation sites excluding steroid dienone is 1. The van der Waals surface area contributed by atoms with Crippen LogP contribution < -0.4 is 0 Å². The van der Waals surface area contributed by atoms with E-state index in [-0.39, 0.29) is 64.3 Å². The largest absolute Gasteiger partial charge is 0.481 e. The van der Waals surface area contributed by atoms with Gasteiger partial charge in [0.05, 0.1) is 24.5 Å². The molecule has 11 nitrogen and oxygen atoms in total. The number of rotatable bonds is 12. The Balaban J connectivity index is 1.16. The maximum Gasteiger partial charge on any atom is 0.309 e. The summed E-state index contributed by atoms with van der Waals surface area (Å²) in [4.78, 5) is 63.8. The van der Waals surface area contributed by atoms with Gasteiger partial charge in [0.15, 0.2) is 5.78 Å². The number of piperazine rings is 1. The van der Waals surface area contributed by atoms with Gasteiger partial charge in [-0.3, -0.25) is 29.1 Å². The van der Waals surface area contributed by atoms with E-state index in [2.05, 4.69) is 70.3 Å². The molecule has 2 N–H and O–H groups in total. The second-order valence-corrected chi connectivity index (χ2v) is 22.8. The van der Waals surface area contributed by atoms with Gasteiger partial charge in [-0.1, -0.05) is 54.0 Å². The van der Waals surface area contributed by atoms with Crippen LogP contribution in [0.15, 0.2) is 35.7 Å². The number of ketones is 1. The smallest absolute Gasteiger partial charge is 0.309 e. The van der Waals surface area contributed by atoms with Crippen molar-refractivity contribution in [2.24, 2.45) is 56.2 Å². The van der Waals surface area contributed by atoms with Gasteiger partial charge in [-0.15, -0.1) is 0 Å². The Morgan fingerprint density at radius 1 is 0.918 bits per heavy atom. The molecule has 0 radical (unpaired) electrons. The van der Waals surface area contributed by atoms with Crippen LogP contribution in [0.1, 0.15) is 132 Å². The lowest BCUT2D eigenvalue weighted by Gasteiger charge is -2.72. The van der Waals surface area contributed by atoms with Gasteiger partial charge in [0.25, 0.3) is 0 Å². The number of carbonyl (C=O) groups is 4. The standard InChI is InChI=1S/C50H76N4O7/c1-32(2)42-35(55)27-50(38(56)30-53(29-33-15-21-51-22-16-33)31-40(57)54-25-23-52(10)24-26-54)20-19-48(8)34(43(42)50)11-12-37-47(7)17-14-39(61-41(58)28-45(3,4)44(59)60)46(5,6)36(47)13-18-49(37,48)9/h15-16,21-22,32,34,36-39,56H,11-14,17-20,23-31H2,1-10H3,(H,59,60)/t34-,36+,37-,38+,39+,47+,48-,49-,50+/m1/s1. The van der Waals surface area contributed by atoms with Gasteiger partial charge in [0.2, 0.25) is 5.91 Å². The molecule has 5 aliphatic carbocycles. The monoisotopic (exact) mass is 845 g/mol. The zero-order chi connectivity index (χ0) is 44.5. The number of aromatic nitrogens is 1. The predicted octanol–water partition coefficient (Wildman–Crippen LogP) is 7.41. The van der Waals surface area contributed by atoms with Crippen molar-refractivity contribution in [3.63, 3.8) is 0 Å². The fourth-order valence-electron chi connectivity index (χ4n) is 14.6. The molecule has 4 saturated carbocycles. The number of hydrogen-bond donors (Lipinski definition) is 2. The zero-order valence-corrected chi connectivity index (χ0v) is 39.0. The highest BCUT2D eigenvalue weighted by atomic mass is 16.5. The Kier molecular flexibility index (Phi) is 12.4. The minimum atomic E-state index is -1.18. The number of Topliss-reactive ketones (excluding diaryl/α,β-unsaturated/α-hetero) is 1. The normalized spacial score (nSPS) is 35.6. The van der Waals surface area contributed by atoms with E-state index in [9.17, 15) is 29.4 Å². The number of carboxylic acid groups (broad SMARTS) is 1. The van der Waals surface area contributed by atoms with Gasteiger partial charge in [0.1, 0.15) is 6.10 Å². The fraction of sp³-hybridized carbons (Fsp3) is 0.780. The molecule has 338 valence electrons. The summed E-state index contributed by atoms with van der Waals surface area (Å²) in [7, 11) is 2.09. The molecule has 0 bridgehead atoms. The molecule has 9 atom stereocenters. The molecular weight excluding hydrogens is 769 g/mol. The second-order valence-electron chi connectivity index (χ2n) is 22.8. The summed E-state index contributed by atoms with van der Waals surface area (Å²) in [5.74, 6) is -0.174. The summed E-state index contributed by atoms with van der Waals surface area (Å²) in [6.45, 7) is 23.7. The lowest BCUT2D eigenvalue weighted by atomic mass is 9.33. The number of carboxylic acids is 1. The van der Waals surface area contributed by atoms with Gasteiger partial charge in [-0.25, -0.2) is 0 Å². The van der Waals surface area contributed by atoms with Crippen molar-refractivity contribution in [3.8, 4) is 0 Å². The van der Waals surface area contributed by atoms with Gasteiger partial charge in [-0.2, -0.15) is 0 Å². The van der Waals surface area contributed by atoms with Crippen molar-refractivity contribution < 1.29 is 34.1 Å². The SMILES string of the molecule is CC(C)C1=C2[C@H]3CC[C@@H]4[C@@]5(C)CC[C@H](OC(=O)CC(C)(C)C(=O)O)C(C)(C)[C@@H]5CC[C@@]4(C)[C@]3(C)CC[C@@]2([C@@H](O)CN(CC(=O)N2CCN(C)CC2)Cc2ccncc2)CC1=O. The highest BCUT2D eigenvalue weighted by Crippen LogP contribution is 2.77. The first-order chi connectivity index (χ1) is 28.5. The van der Waals surface area contributed by atoms with Crippen LogP contribution in [0.25, 0.3) is 0 Å². The van der Waals surface area contributed by atoms with E-state index in [4.69, 9.17) is 4.74 Å². The van der Waals surface area contributed by atoms with Gasteiger partial charge < -0.3 is 24.7 Å². The molecule has 1 aliphatic heterocycles. The van der Waals surface area contributed by atoms with Crippen LogP contribution in [0, 0.1) is 56.2 Å². The predicted molar refractivity (Wildman–Crippen MR) is 235 cm³/mol. The van der Waals surface area contributed by atoms with Crippen molar-refractivity contribution >= 4 is 23.6 Å². The highest BCUT2D eigenvalue weighted by Gasteiger charge is 2.71. The number of nitrogens with zero attached hydrogens (tertiary/aromatic N) is 4. The number of ether oxygens (including phenoxy) is 1. The van der Waals surface area contributed by atoms with Gasteiger partial charge >= 0.3 is 11.9 Å². The number of aliphatic hydroxyl groups excluding tert-OH is 1. The molecule has 7 rings (SSSR count). The number of likely N-dealkylation sites (N-methyl/N-ethyl adjacent to an activating group) is 1. The van der Waals surface area contributed by atoms with Crippen LogP contribution in [-0.4, -0.2) is 112 Å². The molecule has 6 aliphatic rings. The summed E-state index contributed by atoms with van der Waals surface area (Å²) >= 11 is 0. The van der Waals surface area contributed by atoms with Crippen LogP contribution in [-0.2, 0) is 30.5 Å². The second kappa shape index (κ2) is 16.4. The van der Waals surface area contributed by atoms with E-state index in [0.29, 0.717) is 44.4 Å². The minimum absolute atomic E-state index is 0.00752. The van der Waals surface area contributed by atoms with Crippen molar-refractivity contribution in [1.82, 2.24) is 19.7 Å². The Morgan fingerprint density at radius 2 is 1.59 bits per heavy atom. The Bertz CT molecular complexity index is 1890. The molecule has 1 aromatic heterocycles. The van der Waals surface area contributed by atoms with E-state index in [0.717, 1.165) is 75.6 Å². The first-order valence-electron chi connectivity index (χ1n) is 23.5. The molecule has 1 amide bonds.